The average molecular weight is 470 g/mol. The van der Waals surface area contributed by atoms with Crippen LogP contribution in [-0.2, 0) is 10.0 Å². The molecular formula is C23H23N3O6S. The number of sulfonamides is 1. The van der Waals surface area contributed by atoms with Crippen molar-refractivity contribution in [3.63, 3.8) is 0 Å². The zero-order valence-corrected chi connectivity index (χ0v) is 18.6. The van der Waals surface area contributed by atoms with Crippen molar-refractivity contribution >= 4 is 32.8 Å². The molecule has 1 aromatic heterocycles. The molecule has 1 aliphatic heterocycles. The lowest BCUT2D eigenvalue weighted by molar-refractivity contribution is 0.0831. The summed E-state index contributed by atoms with van der Waals surface area (Å²) in [7, 11) is -3.62. The van der Waals surface area contributed by atoms with Crippen LogP contribution in [0.4, 0.5) is 0 Å². The normalized spacial score (nSPS) is 15.0. The highest BCUT2D eigenvalue weighted by molar-refractivity contribution is 7.89. The van der Waals surface area contributed by atoms with Gasteiger partial charge in [-0.15, -0.1) is 0 Å². The molecule has 0 radical (unpaired) electrons. The maximum Gasteiger partial charge on any atom is 0.305 e. The van der Waals surface area contributed by atoms with E-state index in [1.165, 1.54) is 28.6 Å². The average Bonchev–Trinajstić information content (AvgIpc) is 3.13. The zero-order valence-electron chi connectivity index (χ0n) is 17.7. The minimum atomic E-state index is -3.62. The van der Waals surface area contributed by atoms with E-state index in [1.54, 1.807) is 24.3 Å². The standard InChI is InChI=1S/C23H23N3O6S/c27-19-15-21(32-20-8-4-3-7-18(19)20)23(29)25-24-22(28)16-9-11-17(12-10-16)33(30,31)26-13-5-1-2-6-14-26/h3-4,7-12,15H,1-2,5-6,13-14H2,(H,24,28)(H,25,29). The molecule has 172 valence electrons. The lowest BCUT2D eigenvalue weighted by Crippen LogP contribution is -2.41. The summed E-state index contributed by atoms with van der Waals surface area (Å²) in [6.45, 7) is 0.975. The summed E-state index contributed by atoms with van der Waals surface area (Å²) in [6.07, 6.45) is 3.69. The first-order valence-corrected chi connectivity index (χ1v) is 12.0. The second-order valence-electron chi connectivity index (χ2n) is 7.72. The molecule has 2 amide bonds. The van der Waals surface area contributed by atoms with Gasteiger partial charge in [-0.1, -0.05) is 25.0 Å². The predicted octanol–water partition coefficient (Wildman–Crippen LogP) is 2.43. The van der Waals surface area contributed by atoms with Gasteiger partial charge in [-0.25, -0.2) is 8.42 Å². The number of fused-ring (bicyclic) bond motifs is 1. The van der Waals surface area contributed by atoms with Crippen molar-refractivity contribution in [2.75, 3.05) is 13.1 Å². The molecule has 0 aliphatic carbocycles. The SMILES string of the molecule is O=C(NNC(=O)c1cc(=O)c2ccccc2o1)c1ccc(S(=O)(=O)N2CCCCCC2)cc1. The third-order valence-electron chi connectivity index (χ3n) is 5.47. The van der Waals surface area contributed by atoms with Crippen LogP contribution >= 0.6 is 0 Å². The van der Waals surface area contributed by atoms with Gasteiger partial charge in [0.2, 0.25) is 10.0 Å². The van der Waals surface area contributed by atoms with Crippen LogP contribution < -0.4 is 16.3 Å². The van der Waals surface area contributed by atoms with Crippen molar-refractivity contribution in [1.82, 2.24) is 15.2 Å². The number of para-hydroxylation sites is 1. The van der Waals surface area contributed by atoms with Crippen LogP contribution in [0.3, 0.4) is 0 Å². The van der Waals surface area contributed by atoms with Crippen LogP contribution in [0.2, 0.25) is 0 Å². The van der Waals surface area contributed by atoms with E-state index in [0.29, 0.717) is 18.5 Å². The monoisotopic (exact) mass is 469 g/mol. The summed E-state index contributed by atoms with van der Waals surface area (Å²) >= 11 is 0. The first-order valence-electron chi connectivity index (χ1n) is 10.6. The Kier molecular flexibility index (Phi) is 6.57. The van der Waals surface area contributed by atoms with E-state index < -0.39 is 21.8 Å². The Morgan fingerprint density at radius 1 is 0.848 bits per heavy atom. The third-order valence-corrected chi connectivity index (χ3v) is 7.38. The summed E-state index contributed by atoms with van der Waals surface area (Å²) in [5, 5.41) is 0.341. The number of amides is 2. The van der Waals surface area contributed by atoms with Crippen LogP contribution in [0.1, 0.15) is 46.6 Å². The van der Waals surface area contributed by atoms with Crippen molar-refractivity contribution < 1.29 is 22.4 Å². The van der Waals surface area contributed by atoms with E-state index in [9.17, 15) is 22.8 Å². The molecule has 2 heterocycles. The molecule has 1 aliphatic rings. The molecule has 0 spiro atoms. The fourth-order valence-electron chi connectivity index (χ4n) is 3.67. The number of carbonyl (C=O) groups excluding carboxylic acids is 2. The molecular weight excluding hydrogens is 446 g/mol. The molecule has 10 heteroatoms. The third kappa shape index (κ3) is 4.96. The first-order chi connectivity index (χ1) is 15.9. The molecule has 0 bridgehead atoms. The molecule has 33 heavy (non-hydrogen) atoms. The zero-order chi connectivity index (χ0) is 23.4. The van der Waals surface area contributed by atoms with Crippen molar-refractivity contribution in [1.29, 1.82) is 0 Å². The van der Waals surface area contributed by atoms with Gasteiger partial charge in [-0.05, 0) is 49.2 Å². The molecule has 2 aromatic carbocycles. The van der Waals surface area contributed by atoms with E-state index in [0.717, 1.165) is 31.7 Å². The Morgan fingerprint density at radius 3 is 2.18 bits per heavy atom. The number of hydrazine groups is 1. The van der Waals surface area contributed by atoms with Gasteiger partial charge in [0.25, 0.3) is 5.91 Å². The molecule has 0 atom stereocenters. The van der Waals surface area contributed by atoms with E-state index in [-0.39, 0.29) is 27.2 Å². The molecule has 1 saturated heterocycles. The minimum Gasteiger partial charge on any atom is -0.451 e. The van der Waals surface area contributed by atoms with Crippen LogP contribution in [0.5, 0.6) is 0 Å². The van der Waals surface area contributed by atoms with Crippen LogP contribution in [0.15, 0.2) is 68.7 Å². The number of rotatable bonds is 4. The maximum absolute atomic E-state index is 12.8. The number of nitrogens with zero attached hydrogens (tertiary/aromatic N) is 1. The summed E-state index contributed by atoms with van der Waals surface area (Å²) in [5.41, 5.74) is 4.46. The van der Waals surface area contributed by atoms with E-state index in [4.69, 9.17) is 4.42 Å². The van der Waals surface area contributed by atoms with Crippen molar-refractivity contribution in [2.24, 2.45) is 0 Å². The topological polar surface area (TPSA) is 126 Å². The van der Waals surface area contributed by atoms with E-state index >= 15 is 0 Å². The molecule has 0 unspecified atom stereocenters. The van der Waals surface area contributed by atoms with Gasteiger partial charge in [0.1, 0.15) is 5.58 Å². The quantitative estimate of drug-likeness (QED) is 0.565. The van der Waals surface area contributed by atoms with Gasteiger partial charge in [0, 0.05) is 24.7 Å². The van der Waals surface area contributed by atoms with E-state index in [2.05, 4.69) is 10.9 Å². The summed E-state index contributed by atoms with van der Waals surface area (Å²) < 4.78 is 32.6. The van der Waals surface area contributed by atoms with E-state index in [1.807, 2.05) is 0 Å². The van der Waals surface area contributed by atoms with Crippen molar-refractivity contribution in [2.45, 2.75) is 30.6 Å². The fourth-order valence-corrected chi connectivity index (χ4v) is 5.19. The predicted molar refractivity (Wildman–Crippen MR) is 121 cm³/mol. The van der Waals surface area contributed by atoms with Gasteiger partial charge in [0.15, 0.2) is 11.2 Å². The van der Waals surface area contributed by atoms with Crippen molar-refractivity contribution in [3.8, 4) is 0 Å². The number of hydrogen-bond acceptors (Lipinski definition) is 6. The second kappa shape index (κ2) is 9.55. The van der Waals surface area contributed by atoms with Gasteiger partial charge in [-0.3, -0.25) is 25.2 Å². The highest BCUT2D eigenvalue weighted by Gasteiger charge is 2.25. The lowest BCUT2D eigenvalue weighted by Gasteiger charge is -2.20. The molecule has 1 fully saturated rings. The molecule has 0 saturated carbocycles. The molecule has 2 N–H and O–H groups in total. The molecule has 4 rings (SSSR count). The largest absolute Gasteiger partial charge is 0.451 e. The van der Waals surface area contributed by atoms with Crippen LogP contribution in [0, 0.1) is 0 Å². The summed E-state index contributed by atoms with van der Waals surface area (Å²) in [4.78, 5) is 37.0. The Labute approximate surface area is 190 Å². The van der Waals surface area contributed by atoms with Gasteiger partial charge < -0.3 is 4.42 Å². The molecule has 3 aromatic rings. The smallest absolute Gasteiger partial charge is 0.305 e. The van der Waals surface area contributed by atoms with Crippen molar-refractivity contribution in [3.05, 3.63) is 76.1 Å². The number of benzene rings is 2. The highest BCUT2D eigenvalue weighted by Crippen LogP contribution is 2.20. The lowest BCUT2D eigenvalue weighted by atomic mass is 10.2. The highest BCUT2D eigenvalue weighted by atomic mass is 32.2. The van der Waals surface area contributed by atoms with Crippen LogP contribution in [-0.4, -0.2) is 37.6 Å². The number of hydrogen-bond donors (Lipinski definition) is 2. The van der Waals surface area contributed by atoms with Gasteiger partial charge in [0.05, 0.1) is 10.3 Å². The Morgan fingerprint density at radius 2 is 1.48 bits per heavy atom. The maximum atomic E-state index is 12.8. The Bertz CT molecular complexity index is 1340. The number of carbonyl (C=O) groups is 2. The Balaban J connectivity index is 1.42. The fraction of sp³-hybridized carbons (Fsp3) is 0.261. The van der Waals surface area contributed by atoms with Gasteiger partial charge >= 0.3 is 5.91 Å². The first kappa shape index (κ1) is 22.7. The summed E-state index contributed by atoms with van der Waals surface area (Å²) in [5.74, 6) is -1.70. The van der Waals surface area contributed by atoms with Gasteiger partial charge in [-0.2, -0.15) is 4.31 Å². The minimum absolute atomic E-state index is 0.114. The Hall–Kier alpha value is -3.50. The summed E-state index contributed by atoms with van der Waals surface area (Å²) in [6, 6.07) is 13.1. The number of nitrogens with one attached hydrogen (secondary N) is 2. The van der Waals surface area contributed by atoms with Crippen LogP contribution in [0.25, 0.3) is 11.0 Å². The second-order valence-corrected chi connectivity index (χ2v) is 9.66. The molecule has 9 nitrogen and oxygen atoms in total.